The summed E-state index contributed by atoms with van der Waals surface area (Å²) in [6.07, 6.45) is 2.02. The zero-order valence-corrected chi connectivity index (χ0v) is 13.3. The zero-order valence-electron chi connectivity index (χ0n) is 12.5. The van der Waals surface area contributed by atoms with E-state index in [1.54, 1.807) is 0 Å². The van der Waals surface area contributed by atoms with Gasteiger partial charge in [0.25, 0.3) is 10.2 Å². The number of carboxylic acids is 1. The first kappa shape index (κ1) is 16.1. The predicted octanol–water partition coefficient (Wildman–Crippen LogP) is -0.908. The molecule has 0 aliphatic carbocycles. The fourth-order valence-corrected chi connectivity index (χ4v) is 5.19. The lowest BCUT2D eigenvalue weighted by molar-refractivity contribution is -0.139. The van der Waals surface area contributed by atoms with Crippen LogP contribution in [0.5, 0.6) is 0 Å². The minimum absolute atomic E-state index is 0.0694. The molecule has 3 aliphatic rings. The second-order valence-corrected chi connectivity index (χ2v) is 8.32. The fraction of sp³-hybridized carbons (Fsp3) is 0.923. The summed E-state index contributed by atoms with van der Waals surface area (Å²) in [6.45, 7) is 3.30. The molecule has 0 aromatic carbocycles. The zero-order chi connectivity index (χ0) is 15.8. The standard InChI is InChI=1S/C13H23N3O5S/c17-12(18)11-9-13(10-14-11)1-3-15(4-2-13)22(19,20)16-5-7-21-8-6-16/h11,14H,1-10H2,(H,17,18)/t11-/m0/s1. The Balaban J connectivity index is 1.61. The van der Waals surface area contributed by atoms with Gasteiger partial charge in [0, 0.05) is 32.7 Å². The van der Waals surface area contributed by atoms with Gasteiger partial charge in [0.2, 0.25) is 0 Å². The second-order valence-electron chi connectivity index (χ2n) is 6.39. The third kappa shape index (κ3) is 3.00. The van der Waals surface area contributed by atoms with Gasteiger partial charge < -0.3 is 15.2 Å². The van der Waals surface area contributed by atoms with Crippen LogP contribution >= 0.6 is 0 Å². The van der Waals surface area contributed by atoms with Crippen molar-refractivity contribution in [3.8, 4) is 0 Å². The van der Waals surface area contributed by atoms with E-state index in [9.17, 15) is 13.2 Å². The first-order valence-corrected chi connectivity index (χ1v) is 9.12. The van der Waals surface area contributed by atoms with Crippen LogP contribution in [0.2, 0.25) is 0 Å². The van der Waals surface area contributed by atoms with Crippen LogP contribution in [0.3, 0.4) is 0 Å². The maximum absolute atomic E-state index is 12.6. The molecule has 2 N–H and O–H groups in total. The molecule has 22 heavy (non-hydrogen) atoms. The molecule has 0 amide bonds. The van der Waals surface area contributed by atoms with E-state index in [2.05, 4.69) is 5.32 Å². The van der Waals surface area contributed by atoms with E-state index >= 15 is 0 Å². The van der Waals surface area contributed by atoms with Crippen molar-refractivity contribution in [2.75, 3.05) is 45.9 Å². The minimum Gasteiger partial charge on any atom is -0.480 e. The number of aliphatic carboxylic acids is 1. The summed E-state index contributed by atoms with van der Waals surface area (Å²) in [6, 6.07) is -0.498. The summed E-state index contributed by atoms with van der Waals surface area (Å²) < 4.78 is 33.4. The molecule has 1 spiro atoms. The maximum Gasteiger partial charge on any atom is 0.320 e. The van der Waals surface area contributed by atoms with Crippen LogP contribution in [-0.2, 0) is 19.7 Å². The normalized spacial score (nSPS) is 30.6. The molecule has 3 rings (SSSR count). The van der Waals surface area contributed by atoms with E-state index in [4.69, 9.17) is 9.84 Å². The second kappa shape index (κ2) is 6.04. The molecule has 1 atom stereocenters. The molecule has 0 unspecified atom stereocenters. The smallest absolute Gasteiger partial charge is 0.320 e. The molecule has 3 heterocycles. The molecule has 0 aromatic heterocycles. The number of piperidine rings is 1. The lowest BCUT2D eigenvalue weighted by Gasteiger charge is -2.40. The van der Waals surface area contributed by atoms with Gasteiger partial charge in [-0.25, -0.2) is 0 Å². The SMILES string of the molecule is O=C(O)[C@@H]1CC2(CCN(S(=O)(=O)N3CCOCC3)CC2)CN1. The number of carboxylic acid groups (broad SMARTS) is 1. The Hall–Kier alpha value is -0.740. The van der Waals surface area contributed by atoms with Crippen LogP contribution in [0, 0.1) is 5.41 Å². The quantitative estimate of drug-likeness (QED) is 0.694. The number of morpholine rings is 1. The number of ether oxygens (including phenoxy) is 1. The topological polar surface area (TPSA) is 99.2 Å². The Morgan fingerprint density at radius 3 is 2.27 bits per heavy atom. The highest BCUT2D eigenvalue weighted by Gasteiger charge is 2.45. The highest BCUT2D eigenvalue weighted by atomic mass is 32.2. The Kier molecular flexibility index (Phi) is 4.43. The van der Waals surface area contributed by atoms with Crippen molar-refractivity contribution in [2.24, 2.45) is 5.41 Å². The van der Waals surface area contributed by atoms with Crippen LogP contribution in [0.15, 0.2) is 0 Å². The van der Waals surface area contributed by atoms with E-state index in [0.717, 1.165) is 0 Å². The van der Waals surface area contributed by atoms with Crippen molar-refractivity contribution in [2.45, 2.75) is 25.3 Å². The summed E-state index contributed by atoms with van der Waals surface area (Å²) in [4.78, 5) is 11.1. The molecule has 126 valence electrons. The summed E-state index contributed by atoms with van der Waals surface area (Å²) in [5.74, 6) is -0.819. The lowest BCUT2D eigenvalue weighted by atomic mass is 9.77. The summed E-state index contributed by atoms with van der Waals surface area (Å²) in [7, 11) is -3.41. The Labute approximate surface area is 130 Å². The van der Waals surface area contributed by atoms with Gasteiger partial charge in [0.05, 0.1) is 13.2 Å². The van der Waals surface area contributed by atoms with Gasteiger partial charge in [-0.3, -0.25) is 4.79 Å². The third-order valence-corrected chi connectivity index (χ3v) is 7.10. The van der Waals surface area contributed by atoms with E-state index in [-0.39, 0.29) is 5.41 Å². The van der Waals surface area contributed by atoms with E-state index < -0.39 is 22.2 Å². The number of nitrogens with one attached hydrogen (secondary N) is 1. The largest absolute Gasteiger partial charge is 0.480 e. The van der Waals surface area contributed by atoms with Gasteiger partial charge in [0.15, 0.2) is 0 Å². The maximum atomic E-state index is 12.6. The third-order valence-electron chi connectivity index (χ3n) is 5.06. The van der Waals surface area contributed by atoms with Gasteiger partial charge in [-0.15, -0.1) is 0 Å². The van der Waals surface area contributed by atoms with Crippen molar-refractivity contribution >= 4 is 16.2 Å². The lowest BCUT2D eigenvalue weighted by Crippen LogP contribution is -2.52. The Morgan fingerprint density at radius 1 is 1.14 bits per heavy atom. The fourth-order valence-electron chi connectivity index (χ4n) is 3.60. The Morgan fingerprint density at radius 2 is 1.73 bits per heavy atom. The molecule has 0 saturated carbocycles. The van der Waals surface area contributed by atoms with E-state index in [1.165, 1.54) is 8.61 Å². The van der Waals surface area contributed by atoms with E-state index in [0.29, 0.717) is 65.2 Å². The molecule has 3 saturated heterocycles. The molecule has 0 bridgehead atoms. The van der Waals surface area contributed by atoms with E-state index in [1.807, 2.05) is 0 Å². The van der Waals surface area contributed by atoms with Gasteiger partial charge >= 0.3 is 5.97 Å². The van der Waals surface area contributed by atoms with Crippen molar-refractivity contribution in [1.82, 2.24) is 13.9 Å². The molecule has 0 aromatic rings. The molecule has 8 nitrogen and oxygen atoms in total. The van der Waals surface area contributed by atoms with Crippen molar-refractivity contribution in [1.29, 1.82) is 0 Å². The molecular formula is C13H23N3O5S. The van der Waals surface area contributed by atoms with Gasteiger partial charge in [-0.05, 0) is 24.7 Å². The van der Waals surface area contributed by atoms with Crippen LogP contribution in [0.4, 0.5) is 0 Å². The number of nitrogens with zero attached hydrogens (tertiary/aromatic N) is 2. The number of rotatable bonds is 3. The minimum atomic E-state index is -3.41. The van der Waals surface area contributed by atoms with Crippen LogP contribution in [0.25, 0.3) is 0 Å². The average Bonchev–Trinajstić information content (AvgIpc) is 2.93. The first-order valence-electron chi connectivity index (χ1n) is 7.72. The van der Waals surface area contributed by atoms with Crippen LogP contribution in [-0.4, -0.2) is 80.1 Å². The molecular weight excluding hydrogens is 310 g/mol. The Bertz CT molecular complexity index is 524. The predicted molar refractivity (Wildman–Crippen MR) is 78.6 cm³/mol. The van der Waals surface area contributed by atoms with Gasteiger partial charge in [0.1, 0.15) is 6.04 Å². The molecule has 9 heteroatoms. The van der Waals surface area contributed by atoms with Crippen molar-refractivity contribution in [3.05, 3.63) is 0 Å². The van der Waals surface area contributed by atoms with Crippen molar-refractivity contribution < 1.29 is 23.1 Å². The van der Waals surface area contributed by atoms with Crippen LogP contribution in [0.1, 0.15) is 19.3 Å². The molecule has 3 fully saturated rings. The average molecular weight is 333 g/mol. The molecule has 0 radical (unpaired) electrons. The number of carbonyl (C=O) groups is 1. The highest BCUT2D eigenvalue weighted by Crippen LogP contribution is 2.40. The number of hydrogen-bond acceptors (Lipinski definition) is 5. The number of hydrogen-bond donors (Lipinski definition) is 2. The van der Waals surface area contributed by atoms with Crippen LogP contribution < -0.4 is 5.32 Å². The van der Waals surface area contributed by atoms with Gasteiger partial charge in [-0.1, -0.05) is 0 Å². The van der Waals surface area contributed by atoms with Gasteiger partial charge in [-0.2, -0.15) is 17.0 Å². The molecule has 3 aliphatic heterocycles. The monoisotopic (exact) mass is 333 g/mol. The summed E-state index contributed by atoms with van der Waals surface area (Å²) >= 11 is 0. The van der Waals surface area contributed by atoms with Crippen molar-refractivity contribution in [3.63, 3.8) is 0 Å². The highest BCUT2D eigenvalue weighted by molar-refractivity contribution is 7.86. The summed E-state index contributed by atoms with van der Waals surface area (Å²) in [5.41, 5.74) is -0.0694. The summed E-state index contributed by atoms with van der Waals surface area (Å²) in [5, 5.41) is 12.1. The first-order chi connectivity index (χ1) is 10.4.